The zero-order valence-electron chi connectivity index (χ0n) is 17.8. The fraction of sp³-hybridized carbons (Fsp3) is 0.217. The molecule has 3 rings (SSSR count). The number of aryl methyl sites for hydroxylation is 1. The number of methoxy groups -OCH3 is 3. The summed E-state index contributed by atoms with van der Waals surface area (Å²) in [5.74, 6) is 0.742. The maximum atomic E-state index is 14.0. The molecule has 3 aromatic carbocycles. The Morgan fingerprint density at radius 2 is 1.52 bits per heavy atom. The molecule has 0 aliphatic heterocycles. The maximum Gasteiger partial charge on any atom is 0.264 e. The fourth-order valence-electron chi connectivity index (χ4n) is 3.25. The summed E-state index contributed by atoms with van der Waals surface area (Å²) in [6, 6.07) is 15.6. The van der Waals surface area contributed by atoms with E-state index in [4.69, 9.17) is 14.2 Å². The second kappa shape index (κ2) is 9.26. The molecule has 3 aromatic rings. The van der Waals surface area contributed by atoms with E-state index in [0.29, 0.717) is 34.1 Å². The molecule has 164 valence electrons. The van der Waals surface area contributed by atoms with Crippen molar-refractivity contribution in [2.45, 2.75) is 18.4 Å². The van der Waals surface area contributed by atoms with Crippen LogP contribution in [0.1, 0.15) is 11.1 Å². The molecule has 0 bridgehead atoms. The first-order valence-corrected chi connectivity index (χ1v) is 10.9. The predicted octanol–water partition coefficient (Wildman–Crippen LogP) is 4.56. The highest BCUT2D eigenvalue weighted by atomic mass is 32.2. The molecule has 0 aliphatic carbocycles. The number of halogens is 1. The molecule has 0 spiro atoms. The van der Waals surface area contributed by atoms with Crippen LogP contribution in [0.25, 0.3) is 0 Å². The molecule has 0 saturated carbocycles. The predicted molar refractivity (Wildman–Crippen MR) is 117 cm³/mol. The van der Waals surface area contributed by atoms with Crippen LogP contribution in [0.5, 0.6) is 17.2 Å². The molecule has 0 atom stereocenters. The molecule has 0 N–H and O–H groups in total. The minimum absolute atomic E-state index is 0.0300. The van der Waals surface area contributed by atoms with E-state index in [1.165, 1.54) is 37.8 Å². The number of ether oxygens (including phenoxy) is 3. The van der Waals surface area contributed by atoms with Gasteiger partial charge in [-0.3, -0.25) is 4.31 Å². The lowest BCUT2D eigenvalue weighted by atomic mass is 10.2. The first-order chi connectivity index (χ1) is 14.8. The van der Waals surface area contributed by atoms with Crippen LogP contribution in [0.3, 0.4) is 0 Å². The van der Waals surface area contributed by atoms with E-state index in [-0.39, 0.29) is 11.4 Å². The standard InChI is InChI=1S/C23H24FNO5S/c1-16-9-10-18(24)13-23(16)31(26,27)25(15-17-7-5-6-8-20(17)28-2)19-11-12-21(29-3)22(14-19)30-4/h5-14H,15H2,1-4H3. The van der Waals surface area contributed by atoms with Crippen molar-refractivity contribution in [3.63, 3.8) is 0 Å². The second-order valence-electron chi connectivity index (χ2n) is 6.77. The lowest BCUT2D eigenvalue weighted by Crippen LogP contribution is -2.31. The van der Waals surface area contributed by atoms with Crippen LogP contribution in [-0.4, -0.2) is 29.7 Å². The number of hydrogen-bond acceptors (Lipinski definition) is 5. The molecule has 0 heterocycles. The second-order valence-corrected chi connectivity index (χ2v) is 8.60. The molecular formula is C23H24FNO5S. The monoisotopic (exact) mass is 445 g/mol. The summed E-state index contributed by atoms with van der Waals surface area (Å²) in [6.07, 6.45) is 0. The van der Waals surface area contributed by atoms with Crippen LogP contribution >= 0.6 is 0 Å². The van der Waals surface area contributed by atoms with Gasteiger partial charge in [-0.2, -0.15) is 0 Å². The Morgan fingerprint density at radius 1 is 0.839 bits per heavy atom. The largest absolute Gasteiger partial charge is 0.496 e. The summed E-state index contributed by atoms with van der Waals surface area (Å²) in [4.78, 5) is -0.114. The topological polar surface area (TPSA) is 65.1 Å². The normalized spacial score (nSPS) is 11.1. The van der Waals surface area contributed by atoms with E-state index in [2.05, 4.69) is 0 Å². The van der Waals surface area contributed by atoms with Gasteiger partial charge in [-0.05, 0) is 42.8 Å². The molecule has 8 heteroatoms. The van der Waals surface area contributed by atoms with Crippen molar-refractivity contribution in [1.29, 1.82) is 0 Å². The minimum atomic E-state index is -4.13. The maximum absolute atomic E-state index is 14.0. The van der Waals surface area contributed by atoms with E-state index in [1.807, 2.05) is 0 Å². The van der Waals surface area contributed by atoms with Gasteiger partial charge in [0.15, 0.2) is 11.5 Å². The smallest absolute Gasteiger partial charge is 0.264 e. The van der Waals surface area contributed by atoms with Crippen molar-refractivity contribution >= 4 is 15.7 Å². The Hall–Kier alpha value is -3.26. The van der Waals surface area contributed by atoms with Gasteiger partial charge < -0.3 is 14.2 Å². The van der Waals surface area contributed by atoms with E-state index in [9.17, 15) is 12.8 Å². The van der Waals surface area contributed by atoms with Gasteiger partial charge >= 0.3 is 0 Å². The third kappa shape index (κ3) is 4.59. The average molecular weight is 446 g/mol. The highest BCUT2D eigenvalue weighted by Gasteiger charge is 2.29. The molecular weight excluding hydrogens is 421 g/mol. The van der Waals surface area contributed by atoms with Crippen LogP contribution < -0.4 is 18.5 Å². The van der Waals surface area contributed by atoms with Gasteiger partial charge in [-0.25, -0.2) is 12.8 Å². The Balaban J connectivity index is 2.20. The van der Waals surface area contributed by atoms with Crippen molar-refractivity contribution in [2.75, 3.05) is 25.6 Å². The van der Waals surface area contributed by atoms with E-state index >= 15 is 0 Å². The molecule has 31 heavy (non-hydrogen) atoms. The van der Waals surface area contributed by atoms with Crippen molar-refractivity contribution in [1.82, 2.24) is 0 Å². The van der Waals surface area contributed by atoms with Crippen molar-refractivity contribution in [3.8, 4) is 17.2 Å². The van der Waals surface area contributed by atoms with Crippen LogP contribution in [0, 0.1) is 12.7 Å². The summed E-state index contributed by atoms with van der Waals surface area (Å²) in [7, 11) is 0.352. The number of benzene rings is 3. The van der Waals surface area contributed by atoms with Gasteiger partial charge in [-0.1, -0.05) is 24.3 Å². The van der Waals surface area contributed by atoms with Gasteiger partial charge in [0, 0.05) is 11.6 Å². The van der Waals surface area contributed by atoms with Crippen LogP contribution in [-0.2, 0) is 16.6 Å². The van der Waals surface area contributed by atoms with Gasteiger partial charge in [0.1, 0.15) is 11.6 Å². The third-order valence-corrected chi connectivity index (χ3v) is 6.80. The van der Waals surface area contributed by atoms with Gasteiger partial charge in [0.2, 0.25) is 0 Å². The zero-order chi connectivity index (χ0) is 22.6. The Labute approximate surface area is 181 Å². The van der Waals surface area contributed by atoms with E-state index < -0.39 is 15.8 Å². The molecule has 0 amide bonds. The minimum Gasteiger partial charge on any atom is -0.496 e. The number of nitrogens with zero attached hydrogens (tertiary/aromatic N) is 1. The van der Waals surface area contributed by atoms with E-state index in [0.717, 1.165) is 6.07 Å². The van der Waals surface area contributed by atoms with Gasteiger partial charge in [0.25, 0.3) is 10.0 Å². The molecule has 0 fully saturated rings. The van der Waals surface area contributed by atoms with Crippen LogP contribution in [0.2, 0.25) is 0 Å². The highest BCUT2D eigenvalue weighted by molar-refractivity contribution is 7.92. The first-order valence-electron chi connectivity index (χ1n) is 9.44. The summed E-state index contributed by atoms with van der Waals surface area (Å²) < 4.78 is 58.6. The summed E-state index contributed by atoms with van der Waals surface area (Å²) in [5, 5.41) is 0. The van der Waals surface area contributed by atoms with Crippen molar-refractivity contribution in [2.24, 2.45) is 0 Å². The van der Waals surface area contributed by atoms with Crippen LogP contribution in [0.15, 0.2) is 65.6 Å². The molecule has 0 aromatic heterocycles. The van der Waals surface area contributed by atoms with Gasteiger partial charge in [-0.15, -0.1) is 0 Å². The Kier molecular flexibility index (Phi) is 6.70. The number of rotatable bonds is 8. The van der Waals surface area contributed by atoms with E-state index in [1.54, 1.807) is 49.4 Å². The van der Waals surface area contributed by atoms with Crippen LogP contribution in [0.4, 0.5) is 10.1 Å². The number of anilines is 1. The molecule has 0 radical (unpaired) electrons. The number of hydrogen-bond donors (Lipinski definition) is 0. The Morgan fingerprint density at radius 3 is 2.19 bits per heavy atom. The molecule has 0 unspecified atom stereocenters. The molecule has 0 aliphatic rings. The third-order valence-electron chi connectivity index (χ3n) is 4.88. The zero-order valence-corrected chi connectivity index (χ0v) is 18.6. The Bertz CT molecular complexity index is 1180. The van der Waals surface area contributed by atoms with Crippen molar-refractivity contribution < 1.29 is 27.0 Å². The molecule has 6 nitrogen and oxygen atoms in total. The highest BCUT2D eigenvalue weighted by Crippen LogP contribution is 2.36. The summed E-state index contributed by atoms with van der Waals surface area (Å²) in [5.41, 5.74) is 1.43. The summed E-state index contributed by atoms with van der Waals surface area (Å²) >= 11 is 0. The number of sulfonamides is 1. The quantitative estimate of drug-likeness (QED) is 0.509. The van der Waals surface area contributed by atoms with Crippen molar-refractivity contribution in [3.05, 3.63) is 77.6 Å². The average Bonchev–Trinajstić information content (AvgIpc) is 2.78. The molecule has 0 saturated heterocycles. The fourth-order valence-corrected chi connectivity index (χ4v) is 4.93. The number of para-hydroxylation sites is 1. The first kappa shape index (κ1) is 22.4. The lowest BCUT2D eigenvalue weighted by molar-refractivity contribution is 0.355. The van der Waals surface area contributed by atoms with Gasteiger partial charge in [0.05, 0.1) is 38.5 Å². The summed E-state index contributed by atoms with van der Waals surface area (Å²) in [6.45, 7) is 1.60. The lowest BCUT2D eigenvalue weighted by Gasteiger charge is -2.27. The SMILES string of the molecule is COc1ccccc1CN(c1ccc(OC)c(OC)c1)S(=O)(=O)c1cc(F)ccc1C.